The lowest BCUT2D eigenvalue weighted by atomic mass is 9.32. The van der Waals surface area contributed by atoms with E-state index < -0.39 is 0 Å². The third-order valence-electron chi connectivity index (χ3n) is 14.6. The van der Waals surface area contributed by atoms with Crippen LogP contribution in [0.25, 0.3) is 11.5 Å². The molecule has 41 heavy (non-hydrogen) atoms. The summed E-state index contributed by atoms with van der Waals surface area (Å²) in [5.41, 5.74) is 2.74. The number of nitrogens with zero attached hydrogens (tertiary/aromatic N) is 3. The number of hydrogen-bond donors (Lipinski definition) is 0. The summed E-state index contributed by atoms with van der Waals surface area (Å²) in [6.45, 7) is 19.2. The molecule has 2 aromatic heterocycles. The lowest BCUT2D eigenvalue weighted by molar-refractivity contribution is -0.228. The fourth-order valence-electron chi connectivity index (χ4n) is 12.3. The van der Waals surface area contributed by atoms with Gasteiger partial charge in [-0.1, -0.05) is 46.8 Å². The van der Waals surface area contributed by atoms with E-state index in [1.54, 1.807) is 12.4 Å². The van der Waals surface area contributed by atoms with E-state index in [1.807, 2.05) is 12.1 Å². The zero-order valence-corrected chi connectivity index (χ0v) is 26.1. The van der Waals surface area contributed by atoms with Crippen LogP contribution in [-0.4, -0.2) is 21.0 Å². The Bertz CT molecular complexity index is 1380. The normalized spacial score (nSPS) is 44.8. The van der Waals surface area contributed by atoms with Gasteiger partial charge in [-0.2, -0.15) is 0 Å². The van der Waals surface area contributed by atoms with Crippen LogP contribution in [0.5, 0.6) is 0 Å². The maximum absolute atomic E-state index is 13.1. The zero-order valence-electron chi connectivity index (χ0n) is 26.1. The monoisotopic (exact) mass is 555 g/mol. The van der Waals surface area contributed by atoms with Gasteiger partial charge in [0.2, 0.25) is 11.8 Å². The Morgan fingerprint density at radius 1 is 0.878 bits per heavy atom. The largest absolute Gasteiger partial charge is 0.420 e. The predicted molar refractivity (Wildman–Crippen MR) is 161 cm³/mol. The van der Waals surface area contributed by atoms with Gasteiger partial charge in [0.25, 0.3) is 0 Å². The first-order valence-corrected chi connectivity index (χ1v) is 16.3. The average molecular weight is 556 g/mol. The van der Waals surface area contributed by atoms with Gasteiger partial charge in [-0.15, -0.1) is 10.2 Å². The van der Waals surface area contributed by atoms with E-state index in [-0.39, 0.29) is 27.1 Å². The SMILES string of the molecule is C=C(C)[C@@H]1CC[C@]2(c3nnc(-c4ccncc4)o3)CC[C@]3(C)[C@H](CC[C@@H]4[C@@]5(C)CCC(=O)C(C)(C)[C@@H]5CC[C@]43C)[C@@H]12. The number of carbonyl (C=O) groups is 1. The highest BCUT2D eigenvalue weighted by molar-refractivity contribution is 5.85. The minimum Gasteiger partial charge on any atom is -0.420 e. The highest BCUT2D eigenvalue weighted by Gasteiger charge is 2.71. The molecule has 5 saturated carbocycles. The Balaban J connectivity index is 1.28. The molecular weight excluding hydrogens is 506 g/mol. The first-order valence-electron chi connectivity index (χ1n) is 16.3. The van der Waals surface area contributed by atoms with Crippen LogP contribution in [0, 0.1) is 51.2 Å². The summed E-state index contributed by atoms with van der Waals surface area (Å²) in [7, 11) is 0. The number of aromatic nitrogens is 3. The van der Waals surface area contributed by atoms with E-state index in [2.05, 4.69) is 58.2 Å². The standard InChI is InChI=1S/C36H49N3O2/c1-22(2)24-10-17-36(31-39-38-30(41-31)23-13-20-37-21-14-23)19-18-34(6)25(29(24)36)8-9-27-33(5)15-12-28(40)32(3,4)26(33)11-16-35(27,34)7/h13-14,20-21,24-27,29H,1,8-12,15-19H2,2-7H3/t24-,25+,26-,27+,29+,33-,34+,35+,36-/m0/s1. The van der Waals surface area contributed by atoms with Crippen LogP contribution in [0.3, 0.4) is 0 Å². The van der Waals surface area contributed by atoms with Gasteiger partial charge < -0.3 is 4.42 Å². The van der Waals surface area contributed by atoms with E-state index in [9.17, 15) is 4.79 Å². The molecule has 5 aliphatic carbocycles. The third-order valence-corrected chi connectivity index (χ3v) is 14.6. The number of Topliss-reactive ketones (excluding diaryl/α,β-unsaturated/α-hetero) is 1. The highest BCUT2D eigenvalue weighted by Crippen LogP contribution is 2.77. The summed E-state index contributed by atoms with van der Waals surface area (Å²) in [5, 5.41) is 9.36. The van der Waals surface area contributed by atoms with Crippen molar-refractivity contribution in [1.82, 2.24) is 15.2 Å². The first kappa shape index (κ1) is 27.5. The van der Waals surface area contributed by atoms with Crippen LogP contribution >= 0.6 is 0 Å². The minimum atomic E-state index is -0.200. The molecule has 9 atom stereocenters. The van der Waals surface area contributed by atoms with Gasteiger partial charge in [-0.05, 0) is 123 Å². The van der Waals surface area contributed by atoms with Crippen molar-refractivity contribution in [3.63, 3.8) is 0 Å². The smallest absolute Gasteiger partial charge is 0.247 e. The molecule has 0 aliphatic heterocycles. The van der Waals surface area contributed by atoms with Crippen molar-refractivity contribution >= 4 is 5.78 Å². The maximum Gasteiger partial charge on any atom is 0.247 e. The summed E-state index contributed by atoms with van der Waals surface area (Å²) in [5.74, 6) is 4.71. The molecule has 0 spiro atoms. The number of hydrogen-bond acceptors (Lipinski definition) is 5. The number of fused-ring (bicyclic) bond motifs is 7. The Labute approximate surface area is 246 Å². The number of rotatable bonds is 3. The predicted octanol–water partition coefficient (Wildman–Crippen LogP) is 8.61. The van der Waals surface area contributed by atoms with Crippen LogP contribution in [0.2, 0.25) is 0 Å². The fraction of sp³-hybridized carbons (Fsp3) is 0.722. The van der Waals surface area contributed by atoms with E-state index in [4.69, 9.17) is 9.52 Å². The number of pyridine rings is 1. The number of ketones is 1. The molecule has 0 N–H and O–H groups in total. The molecule has 220 valence electrons. The fourth-order valence-corrected chi connectivity index (χ4v) is 12.3. The third kappa shape index (κ3) is 3.47. The quantitative estimate of drug-likeness (QED) is 0.355. The Morgan fingerprint density at radius 2 is 1.63 bits per heavy atom. The van der Waals surface area contributed by atoms with Crippen LogP contribution in [-0.2, 0) is 10.2 Å². The second-order valence-corrected chi connectivity index (χ2v) is 16.1. The van der Waals surface area contributed by atoms with Crippen molar-refractivity contribution in [3.05, 3.63) is 42.6 Å². The summed E-state index contributed by atoms with van der Waals surface area (Å²) >= 11 is 0. The van der Waals surface area contributed by atoms with Gasteiger partial charge in [-0.3, -0.25) is 9.78 Å². The Kier molecular flexibility index (Phi) is 5.95. The maximum atomic E-state index is 13.1. The number of allylic oxidation sites excluding steroid dienone is 1. The summed E-state index contributed by atoms with van der Waals surface area (Å²) in [6.07, 6.45) is 15.0. The molecule has 2 aromatic rings. The van der Waals surface area contributed by atoms with E-state index >= 15 is 0 Å². The lowest BCUT2D eigenvalue weighted by Crippen LogP contribution is -2.66. The summed E-state index contributed by atoms with van der Waals surface area (Å²) in [6, 6.07) is 3.91. The molecule has 0 unspecified atom stereocenters. The van der Waals surface area contributed by atoms with E-state index in [0.717, 1.165) is 43.6 Å². The van der Waals surface area contributed by atoms with E-state index in [1.165, 1.54) is 37.7 Å². The summed E-state index contributed by atoms with van der Waals surface area (Å²) < 4.78 is 6.59. The van der Waals surface area contributed by atoms with Gasteiger partial charge in [0.05, 0.1) is 5.41 Å². The van der Waals surface area contributed by atoms with E-state index in [0.29, 0.717) is 41.3 Å². The lowest BCUT2D eigenvalue weighted by Gasteiger charge is -2.72. The molecule has 0 bridgehead atoms. The average Bonchev–Trinajstić information content (AvgIpc) is 3.59. The Morgan fingerprint density at radius 3 is 2.37 bits per heavy atom. The molecule has 0 radical (unpaired) electrons. The van der Waals surface area contributed by atoms with Crippen LogP contribution in [0.1, 0.15) is 112 Å². The van der Waals surface area contributed by atoms with Gasteiger partial charge >= 0.3 is 0 Å². The molecule has 7 rings (SSSR count). The van der Waals surface area contributed by atoms with Crippen molar-refractivity contribution in [2.75, 3.05) is 0 Å². The molecule has 0 amide bonds. The molecule has 5 fully saturated rings. The van der Waals surface area contributed by atoms with Crippen molar-refractivity contribution in [2.45, 2.75) is 111 Å². The van der Waals surface area contributed by atoms with Gasteiger partial charge in [0.15, 0.2) is 0 Å². The van der Waals surface area contributed by atoms with Crippen molar-refractivity contribution < 1.29 is 9.21 Å². The summed E-state index contributed by atoms with van der Waals surface area (Å²) in [4.78, 5) is 17.3. The highest BCUT2D eigenvalue weighted by atomic mass is 16.4. The molecule has 5 aliphatic rings. The molecule has 0 saturated heterocycles. The topological polar surface area (TPSA) is 68.9 Å². The second kappa shape index (κ2) is 8.86. The molecule has 2 heterocycles. The van der Waals surface area contributed by atoms with Gasteiger partial charge in [-0.25, -0.2) is 0 Å². The van der Waals surface area contributed by atoms with Crippen LogP contribution < -0.4 is 0 Å². The first-order chi connectivity index (χ1) is 19.4. The number of carbonyl (C=O) groups excluding carboxylic acids is 1. The van der Waals surface area contributed by atoms with Gasteiger partial charge in [0, 0.05) is 29.8 Å². The second-order valence-electron chi connectivity index (χ2n) is 16.1. The van der Waals surface area contributed by atoms with Crippen molar-refractivity contribution in [2.24, 2.45) is 51.2 Å². The molecular formula is C36H49N3O2. The Hall–Kier alpha value is -2.30. The van der Waals surface area contributed by atoms with Gasteiger partial charge in [0.1, 0.15) is 5.78 Å². The zero-order chi connectivity index (χ0) is 29.0. The molecule has 5 heteroatoms. The molecule has 5 nitrogen and oxygen atoms in total. The minimum absolute atomic E-state index is 0.0738. The van der Waals surface area contributed by atoms with Crippen LogP contribution in [0.15, 0.2) is 41.1 Å². The van der Waals surface area contributed by atoms with Crippen LogP contribution in [0.4, 0.5) is 0 Å². The molecule has 0 aromatic carbocycles. The van der Waals surface area contributed by atoms with Crippen molar-refractivity contribution in [1.29, 1.82) is 0 Å². The van der Waals surface area contributed by atoms with Crippen molar-refractivity contribution in [3.8, 4) is 11.5 Å².